The molecule has 3 nitrogen and oxygen atoms in total. The molecule has 0 spiro atoms. The van der Waals surface area contributed by atoms with E-state index < -0.39 is 0 Å². The first-order chi connectivity index (χ1) is 5.24. The van der Waals surface area contributed by atoms with Gasteiger partial charge in [-0.15, -0.1) is 0 Å². The van der Waals surface area contributed by atoms with Crippen molar-refractivity contribution < 1.29 is 0 Å². The summed E-state index contributed by atoms with van der Waals surface area (Å²) in [6.07, 6.45) is 1.60. The molecule has 0 amide bonds. The molecule has 0 aromatic rings. The fourth-order valence-corrected chi connectivity index (χ4v) is 0.567. The predicted molar refractivity (Wildman–Crippen MR) is 46.3 cm³/mol. The number of aliphatic imine (C=N–C) groups is 1. The zero-order chi connectivity index (χ0) is 8.69. The van der Waals surface area contributed by atoms with Gasteiger partial charge >= 0.3 is 0 Å². The van der Waals surface area contributed by atoms with Crippen LogP contribution in [-0.2, 0) is 0 Å². The summed E-state index contributed by atoms with van der Waals surface area (Å²) >= 11 is 0. The summed E-state index contributed by atoms with van der Waals surface area (Å²) in [5, 5.41) is 11.3. The van der Waals surface area contributed by atoms with Crippen LogP contribution in [0.4, 0.5) is 0 Å². The van der Waals surface area contributed by atoms with Crippen molar-refractivity contribution >= 4 is 6.72 Å². The van der Waals surface area contributed by atoms with E-state index in [0.717, 1.165) is 5.70 Å². The lowest BCUT2D eigenvalue weighted by Crippen LogP contribution is -2.09. The Balaban J connectivity index is 4.25. The molecule has 3 heteroatoms. The lowest BCUT2D eigenvalue weighted by molar-refractivity contribution is 0.872. The molecule has 1 N–H and O–H groups in total. The molecule has 0 aliphatic rings. The average Bonchev–Trinajstić information content (AvgIpc) is 2.03. The van der Waals surface area contributed by atoms with Crippen molar-refractivity contribution in [1.29, 1.82) is 5.26 Å². The van der Waals surface area contributed by atoms with Gasteiger partial charge in [0.05, 0.1) is 11.8 Å². The van der Waals surface area contributed by atoms with Crippen molar-refractivity contribution in [1.82, 2.24) is 5.32 Å². The average molecular weight is 149 g/mol. The lowest BCUT2D eigenvalue weighted by Gasteiger charge is -1.97. The number of nitriles is 1. The lowest BCUT2D eigenvalue weighted by atomic mass is 10.2. The summed E-state index contributed by atoms with van der Waals surface area (Å²) in [5.41, 5.74) is 1.11. The molecule has 0 aromatic heterocycles. The molecule has 0 heterocycles. The fourth-order valence-electron chi connectivity index (χ4n) is 0.567. The van der Waals surface area contributed by atoms with Crippen LogP contribution in [0.2, 0.25) is 0 Å². The Kier molecular flexibility index (Phi) is 4.70. The highest BCUT2D eigenvalue weighted by Crippen LogP contribution is 1.98. The monoisotopic (exact) mass is 149 g/mol. The molecule has 0 fully saturated rings. The first-order valence-electron chi connectivity index (χ1n) is 3.15. The molecule has 0 rings (SSSR count). The first kappa shape index (κ1) is 9.60. The Hall–Kier alpha value is -1.40. The van der Waals surface area contributed by atoms with E-state index in [1.54, 1.807) is 13.1 Å². The minimum absolute atomic E-state index is 0.391. The van der Waals surface area contributed by atoms with E-state index in [2.05, 4.69) is 23.6 Å². The summed E-state index contributed by atoms with van der Waals surface area (Å²) in [4.78, 5) is 3.70. The summed E-state index contributed by atoms with van der Waals surface area (Å²) in [6, 6.07) is 1.90. The molecule has 0 atom stereocenters. The van der Waals surface area contributed by atoms with Gasteiger partial charge in [0.2, 0.25) is 0 Å². The molecule has 0 bridgehead atoms. The maximum atomic E-state index is 8.37. The molecule has 0 saturated carbocycles. The standard InChI is InChI=1S/C8H11N3/c1-7(5-9)4-8(11-3)6-10-2/h4,10H,1,3,6H2,2H3/b8-4-. The second-order valence-electron chi connectivity index (χ2n) is 1.96. The van der Waals surface area contributed by atoms with Crippen LogP contribution in [0.1, 0.15) is 0 Å². The van der Waals surface area contributed by atoms with Gasteiger partial charge in [-0.2, -0.15) is 5.26 Å². The molecular formula is C8H11N3. The van der Waals surface area contributed by atoms with Gasteiger partial charge in [0.1, 0.15) is 0 Å². The number of allylic oxidation sites excluding steroid dienone is 2. The van der Waals surface area contributed by atoms with Crippen LogP contribution in [0.15, 0.2) is 28.9 Å². The van der Waals surface area contributed by atoms with Crippen LogP contribution in [-0.4, -0.2) is 20.3 Å². The number of hydrogen-bond acceptors (Lipinski definition) is 3. The van der Waals surface area contributed by atoms with Gasteiger partial charge < -0.3 is 5.32 Å². The van der Waals surface area contributed by atoms with E-state index in [1.807, 2.05) is 6.07 Å². The quantitative estimate of drug-likeness (QED) is 0.366. The normalized spacial score (nSPS) is 10.4. The SMILES string of the molecule is C=N/C(=C\C(=C)C#N)CNC. The highest BCUT2D eigenvalue weighted by Gasteiger charge is 1.91. The Morgan fingerprint density at radius 1 is 1.82 bits per heavy atom. The topological polar surface area (TPSA) is 48.2 Å². The van der Waals surface area contributed by atoms with Crippen LogP contribution >= 0.6 is 0 Å². The minimum Gasteiger partial charge on any atom is -0.314 e. The third-order valence-corrected chi connectivity index (χ3v) is 1.05. The van der Waals surface area contributed by atoms with Crippen molar-refractivity contribution in [3.8, 4) is 6.07 Å². The second kappa shape index (κ2) is 5.39. The zero-order valence-electron chi connectivity index (χ0n) is 6.59. The number of hydrogen-bond donors (Lipinski definition) is 1. The van der Waals surface area contributed by atoms with E-state index in [4.69, 9.17) is 5.26 Å². The molecule has 58 valence electrons. The maximum Gasteiger partial charge on any atom is 0.0986 e. The Morgan fingerprint density at radius 2 is 2.45 bits per heavy atom. The molecule has 0 unspecified atom stereocenters. The molecule has 0 radical (unpaired) electrons. The van der Waals surface area contributed by atoms with Gasteiger partial charge in [-0.1, -0.05) is 6.58 Å². The zero-order valence-corrected chi connectivity index (χ0v) is 6.59. The first-order valence-corrected chi connectivity index (χ1v) is 3.15. The summed E-state index contributed by atoms with van der Waals surface area (Å²) < 4.78 is 0. The molecular weight excluding hydrogens is 138 g/mol. The number of nitrogens with zero attached hydrogens (tertiary/aromatic N) is 2. The van der Waals surface area contributed by atoms with E-state index >= 15 is 0 Å². The largest absolute Gasteiger partial charge is 0.314 e. The van der Waals surface area contributed by atoms with Crippen LogP contribution in [0, 0.1) is 11.3 Å². The maximum absolute atomic E-state index is 8.37. The number of nitrogens with one attached hydrogen (secondary N) is 1. The highest BCUT2D eigenvalue weighted by atomic mass is 14.9. The van der Waals surface area contributed by atoms with E-state index in [-0.39, 0.29) is 0 Å². The van der Waals surface area contributed by atoms with Gasteiger partial charge in [0, 0.05) is 12.1 Å². The van der Waals surface area contributed by atoms with E-state index in [9.17, 15) is 0 Å². The molecule has 11 heavy (non-hydrogen) atoms. The van der Waals surface area contributed by atoms with E-state index in [1.165, 1.54) is 0 Å². The molecule has 0 aromatic carbocycles. The molecule has 0 aliphatic carbocycles. The van der Waals surface area contributed by atoms with Crippen LogP contribution in [0.25, 0.3) is 0 Å². The van der Waals surface area contributed by atoms with Crippen molar-refractivity contribution in [2.75, 3.05) is 13.6 Å². The van der Waals surface area contributed by atoms with Crippen molar-refractivity contribution in [2.45, 2.75) is 0 Å². The molecule has 0 aliphatic heterocycles. The third kappa shape index (κ3) is 4.06. The van der Waals surface area contributed by atoms with Gasteiger partial charge in [0.25, 0.3) is 0 Å². The van der Waals surface area contributed by atoms with Crippen LogP contribution < -0.4 is 5.32 Å². The fraction of sp³-hybridized carbons (Fsp3) is 0.250. The van der Waals surface area contributed by atoms with Gasteiger partial charge in [-0.25, -0.2) is 0 Å². The van der Waals surface area contributed by atoms with Crippen LogP contribution in [0.5, 0.6) is 0 Å². The van der Waals surface area contributed by atoms with Crippen molar-refractivity contribution in [3.05, 3.63) is 23.9 Å². The Labute approximate surface area is 66.8 Å². The van der Waals surface area contributed by atoms with Crippen molar-refractivity contribution in [2.24, 2.45) is 4.99 Å². The summed E-state index contributed by atoms with van der Waals surface area (Å²) in [7, 11) is 1.80. The Morgan fingerprint density at radius 3 is 2.82 bits per heavy atom. The van der Waals surface area contributed by atoms with Gasteiger partial charge in [-0.05, 0) is 19.8 Å². The highest BCUT2D eigenvalue weighted by molar-refractivity contribution is 5.37. The van der Waals surface area contributed by atoms with Gasteiger partial charge in [-0.3, -0.25) is 4.99 Å². The predicted octanol–water partition coefficient (Wildman–Crippen LogP) is 0.870. The Bertz CT molecular complexity index is 220. The third-order valence-electron chi connectivity index (χ3n) is 1.05. The van der Waals surface area contributed by atoms with Gasteiger partial charge in [0.15, 0.2) is 0 Å². The smallest absolute Gasteiger partial charge is 0.0986 e. The summed E-state index contributed by atoms with van der Waals surface area (Å²) in [5.74, 6) is 0. The number of rotatable bonds is 4. The van der Waals surface area contributed by atoms with Crippen LogP contribution in [0.3, 0.4) is 0 Å². The summed E-state index contributed by atoms with van der Waals surface area (Å²) in [6.45, 7) is 7.45. The second-order valence-corrected chi connectivity index (χ2v) is 1.96. The van der Waals surface area contributed by atoms with E-state index in [0.29, 0.717) is 12.1 Å². The molecule has 0 saturated heterocycles. The minimum atomic E-state index is 0.391. The number of likely N-dealkylation sites (N-methyl/N-ethyl adjacent to an activating group) is 1. The van der Waals surface area contributed by atoms with Crippen molar-refractivity contribution in [3.63, 3.8) is 0 Å².